The summed E-state index contributed by atoms with van der Waals surface area (Å²) in [6, 6.07) is 21.5. The van der Waals surface area contributed by atoms with Crippen LogP contribution in [0.5, 0.6) is 11.5 Å². The maximum absolute atomic E-state index is 8.60. The van der Waals surface area contributed by atoms with Gasteiger partial charge in [-0.2, -0.15) is 0 Å². The molecule has 6 rings (SSSR count). The molecule has 35 heavy (non-hydrogen) atoms. The molecule has 1 aliphatic heterocycles. The molecule has 0 unspecified atom stereocenters. The summed E-state index contributed by atoms with van der Waals surface area (Å²) in [6.07, 6.45) is 2.18. The van der Waals surface area contributed by atoms with Gasteiger partial charge < -0.3 is 4.74 Å². The summed E-state index contributed by atoms with van der Waals surface area (Å²) in [5.41, 5.74) is 4.68. The van der Waals surface area contributed by atoms with E-state index >= 15 is 0 Å². The Bertz CT molecular complexity index is 1690. The lowest BCUT2D eigenvalue weighted by Gasteiger charge is -2.28. The Balaban J connectivity index is 1.67. The standard InChI is InChI=1S/C33H33NO/c1-32(2,3)18-20-11-12-24-22(15-20)17-28-29-25(24)13-14-34-30(29)26-16-21-9-7-8-10-23(21)27(31(26)35-28)19-33(4,5)6/h7-17H,18-19H2,1-6H3/i14D. The van der Waals surface area contributed by atoms with Gasteiger partial charge in [-0.15, -0.1) is 0 Å². The van der Waals surface area contributed by atoms with Gasteiger partial charge >= 0.3 is 0 Å². The van der Waals surface area contributed by atoms with Gasteiger partial charge in [0.2, 0.25) is 0 Å². The molecule has 0 N–H and O–H groups in total. The van der Waals surface area contributed by atoms with Gasteiger partial charge in [-0.25, -0.2) is 0 Å². The van der Waals surface area contributed by atoms with Crippen molar-refractivity contribution in [1.82, 2.24) is 4.98 Å². The Kier molecular flexibility index (Phi) is 4.52. The number of rotatable bonds is 2. The highest BCUT2D eigenvalue weighted by molar-refractivity contribution is 6.16. The summed E-state index contributed by atoms with van der Waals surface area (Å²) in [5, 5.41) is 6.74. The number of pyridine rings is 1. The first-order chi connectivity index (χ1) is 17.0. The van der Waals surface area contributed by atoms with Gasteiger partial charge in [0.25, 0.3) is 0 Å². The highest BCUT2D eigenvalue weighted by Crippen LogP contribution is 2.51. The number of benzene rings is 4. The van der Waals surface area contributed by atoms with Gasteiger partial charge in [-0.3, -0.25) is 4.98 Å². The molecule has 176 valence electrons. The van der Waals surface area contributed by atoms with Crippen LogP contribution in [0, 0.1) is 10.8 Å². The molecule has 2 heteroatoms. The van der Waals surface area contributed by atoms with E-state index < -0.39 is 0 Å². The molecule has 2 nitrogen and oxygen atoms in total. The van der Waals surface area contributed by atoms with E-state index in [1.165, 1.54) is 21.9 Å². The highest BCUT2D eigenvalue weighted by Gasteiger charge is 2.28. The number of hydrogen-bond donors (Lipinski definition) is 0. The summed E-state index contributed by atoms with van der Waals surface area (Å²) in [5.74, 6) is 1.73. The zero-order valence-electron chi connectivity index (χ0n) is 22.5. The molecule has 0 atom stereocenters. The first-order valence-electron chi connectivity index (χ1n) is 13.1. The molecular formula is C33H33NO. The van der Waals surface area contributed by atoms with Crippen LogP contribution in [0.4, 0.5) is 0 Å². The molecule has 0 bridgehead atoms. The highest BCUT2D eigenvalue weighted by atomic mass is 16.5. The summed E-state index contributed by atoms with van der Waals surface area (Å²) in [6.45, 7) is 13.6. The summed E-state index contributed by atoms with van der Waals surface area (Å²) >= 11 is 0. The van der Waals surface area contributed by atoms with E-state index in [1.807, 2.05) is 6.07 Å². The lowest BCUT2D eigenvalue weighted by atomic mass is 9.83. The van der Waals surface area contributed by atoms with Gasteiger partial charge in [-0.1, -0.05) is 84.0 Å². The van der Waals surface area contributed by atoms with Crippen molar-refractivity contribution >= 4 is 32.3 Å². The van der Waals surface area contributed by atoms with E-state index in [2.05, 4.69) is 96.1 Å². The fourth-order valence-corrected chi connectivity index (χ4v) is 5.58. The predicted molar refractivity (Wildman–Crippen MR) is 149 cm³/mol. The molecule has 0 saturated carbocycles. The zero-order valence-corrected chi connectivity index (χ0v) is 21.5. The Morgan fingerprint density at radius 1 is 0.771 bits per heavy atom. The smallest absolute Gasteiger partial charge is 0.140 e. The minimum atomic E-state index is 0.0901. The second kappa shape index (κ2) is 7.55. The number of nitrogens with zero attached hydrogens (tertiary/aromatic N) is 1. The van der Waals surface area contributed by atoms with Gasteiger partial charge in [0.15, 0.2) is 0 Å². The summed E-state index contributed by atoms with van der Waals surface area (Å²) in [7, 11) is 0. The van der Waals surface area contributed by atoms with Crippen molar-refractivity contribution in [2.75, 3.05) is 0 Å². The average Bonchev–Trinajstić information content (AvgIpc) is 2.77. The lowest BCUT2D eigenvalue weighted by molar-refractivity contribution is 0.400. The molecular weight excluding hydrogens is 426 g/mol. The van der Waals surface area contributed by atoms with Crippen LogP contribution < -0.4 is 4.74 Å². The minimum absolute atomic E-state index is 0.0901. The monoisotopic (exact) mass is 460 g/mol. The third-order valence-electron chi connectivity index (χ3n) is 6.84. The fraction of sp³-hybridized carbons (Fsp3) is 0.303. The van der Waals surface area contributed by atoms with Crippen LogP contribution in [0.25, 0.3) is 43.6 Å². The van der Waals surface area contributed by atoms with Gasteiger partial charge in [0.1, 0.15) is 11.5 Å². The molecule has 2 heterocycles. The molecule has 1 aliphatic rings. The van der Waals surface area contributed by atoms with E-state index in [4.69, 9.17) is 11.1 Å². The second-order valence-electron chi connectivity index (χ2n) is 12.5. The van der Waals surface area contributed by atoms with E-state index in [-0.39, 0.29) is 17.0 Å². The van der Waals surface area contributed by atoms with Crippen LogP contribution >= 0.6 is 0 Å². The number of fused-ring (bicyclic) bond motifs is 5. The molecule has 0 saturated heterocycles. The quantitative estimate of drug-likeness (QED) is 0.240. The van der Waals surface area contributed by atoms with Crippen molar-refractivity contribution in [2.45, 2.75) is 54.4 Å². The van der Waals surface area contributed by atoms with E-state index in [0.717, 1.165) is 57.1 Å². The molecule has 5 aromatic rings. The summed E-state index contributed by atoms with van der Waals surface area (Å²) in [4.78, 5) is 4.78. The molecule has 1 aromatic heterocycles. The Morgan fingerprint density at radius 2 is 1.54 bits per heavy atom. The largest absolute Gasteiger partial charge is 0.456 e. The van der Waals surface area contributed by atoms with Crippen molar-refractivity contribution < 1.29 is 6.11 Å². The third-order valence-corrected chi connectivity index (χ3v) is 6.84. The second-order valence-corrected chi connectivity index (χ2v) is 12.5. The SMILES string of the molecule is [2H]c1cc2c3c(cc4cc(CC(C)(C)C)ccc42)Oc2c(cc4ccccc4c2CC(C)(C)C)-c3n1. The minimum Gasteiger partial charge on any atom is -0.456 e. The molecule has 4 aromatic carbocycles. The Labute approximate surface area is 209 Å². The van der Waals surface area contributed by atoms with Crippen LogP contribution in [-0.2, 0) is 12.8 Å². The van der Waals surface area contributed by atoms with E-state index in [1.54, 1.807) is 0 Å². The Hall–Kier alpha value is -3.39. The fourth-order valence-electron chi connectivity index (χ4n) is 5.58. The first-order valence-corrected chi connectivity index (χ1v) is 12.6. The van der Waals surface area contributed by atoms with Crippen molar-refractivity contribution in [3.05, 3.63) is 78.0 Å². The molecule has 0 radical (unpaired) electrons. The molecule has 0 aliphatic carbocycles. The van der Waals surface area contributed by atoms with Crippen LogP contribution in [0.3, 0.4) is 0 Å². The van der Waals surface area contributed by atoms with Crippen LogP contribution in [-0.4, -0.2) is 4.98 Å². The third kappa shape index (κ3) is 3.86. The lowest BCUT2D eigenvalue weighted by Crippen LogP contribution is -2.12. The summed E-state index contributed by atoms with van der Waals surface area (Å²) < 4.78 is 15.4. The van der Waals surface area contributed by atoms with Crippen molar-refractivity contribution in [3.63, 3.8) is 0 Å². The van der Waals surface area contributed by atoms with Crippen LogP contribution in [0.2, 0.25) is 0 Å². The first kappa shape index (κ1) is 20.9. The number of aromatic nitrogens is 1. The Morgan fingerprint density at radius 3 is 2.31 bits per heavy atom. The average molecular weight is 461 g/mol. The zero-order chi connectivity index (χ0) is 25.4. The van der Waals surface area contributed by atoms with Gasteiger partial charge in [-0.05, 0) is 74.4 Å². The number of hydrogen-bond acceptors (Lipinski definition) is 2. The normalized spacial score (nSPS) is 13.7. The van der Waals surface area contributed by atoms with E-state index in [0.29, 0.717) is 0 Å². The van der Waals surface area contributed by atoms with Crippen molar-refractivity contribution in [3.8, 4) is 22.8 Å². The molecule has 0 fully saturated rings. The van der Waals surface area contributed by atoms with Crippen LogP contribution in [0.15, 0.2) is 66.8 Å². The van der Waals surface area contributed by atoms with E-state index in [9.17, 15) is 0 Å². The maximum atomic E-state index is 8.60. The molecule has 0 amide bonds. The maximum Gasteiger partial charge on any atom is 0.140 e. The van der Waals surface area contributed by atoms with Gasteiger partial charge in [0, 0.05) is 17.3 Å². The molecule has 0 spiro atoms. The van der Waals surface area contributed by atoms with Gasteiger partial charge in [0.05, 0.1) is 12.5 Å². The van der Waals surface area contributed by atoms with Crippen molar-refractivity contribution in [2.24, 2.45) is 10.8 Å². The van der Waals surface area contributed by atoms with Crippen molar-refractivity contribution in [1.29, 1.82) is 0 Å². The predicted octanol–water partition coefficient (Wildman–Crippen LogP) is 9.49. The van der Waals surface area contributed by atoms with Crippen LogP contribution in [0.1, 0.15) is 54.0 Å². The topological polar surface area (TPSA) is 22.1 Å². The number of ether oxygens (including phenoxy) is 1.